The number of carbonyl (C=O) groups is 1. The van der Waals surface area contributed by atoms with Crippen molar-refractivity contribution in [2.75, 3.05) is 6.26 Å². The van der Waals surface area contributed by atoms with Crippen molar-refractivity contribution < 1.29 is 4.79 Å². The molecule has 1 N–H and O–H groups in total. The van der Waals surface area contributed by atoms with E-state index >= 15 is 0 Å². The molecule has 14 heavy (non-hydrogen) atoms. The number of rotatable bonds is 4. The zero-order valence-electron chi connectivity index (χ0n) is 8.36. The SMILES string of the molecule is CS[C@@H](C)C(=O)NCc1cccnc1. The molecule has 0 aliphatic carbocycles. The summed E-state index contributed by atoms with van der Waals surface area (Å²) in [6.45, 7) is 2.45. The molecule has 0 saturated carbocycles. The molecule has 0 radical (unpaired) electrons. The molecule has 1 heterocycles. The first-order valence-corrected chi connectivity index (χ1v) is 5.72. The molecule has 0 bridgehead atoms. The largest absolute Gasteiger partial charge is 0.351 e. The number of carbonyl (C=O) groups excluding carboxylic acids is 1. The summed E-state index contributed by atoms with van der Waals surface area (Å²) < 4.78 is 0. The summed E-state index contributed by atoms with van der Waals surface area (Å²) in [7, 11) is 0. The monoisotopic (exact) mass is 210 g/mol. The first-order valence-electron chi connectivity index (χ1n) is 4.43. The first kappa shape index (κ1) is 11.0. The number of amides is 1. The quantitative estimate of drug-likeness (QED) is 0.818. The van der Waals surface area contributed by atoms with E-state index < -0.39 is 0 Å². The van der Waals surface area contributed by atoms with Gasteiger partial charge in [0.05, 0.1) is 5.25 Å². The lowest BCUT2D eigenvalue weighted by molar-refractivity contribution is -0.120. The maximum atomic E-state index is 11.4. The van der Waals surface area contributed by atoms with Crippen LogP contribution in [0.1, 0.15) is 12.5 Å². The Morgan fingerprint density at radius 3 is 3.07 bits per heavy atom. The minimum atomic E-state index is 0.00618. The van der Waals surface area contributed by atoms with E-state index in [0.717, 1.165) is 5.56 Å². The number of pyridine rings is 1. The van der Waals surface area contributed by atoms with E-state index in [2.05, 4.69) is 10.3 Å². The lowest BCUT2D eigenvalue weighted by atomic mass is 10.3. The van der Waals surface area contributed by atoms with Gasteiger partial charge in [-0.05, 0) is 24.8 Å². The molecule has 0 aromatic carbocycles. The second kappa shape index (κ2) is 5.65. The van der Waals surface area contributed by atoms with Crippen LogP contribution in [-0.2, 0) is 11.3 Å². The Bertz CT molecular complexity index is 289. The van der Waals surface area contributed by atoms with E-state index in [1.165, 1.54) is 0 Å². The van der Waals surface area contributed by atoms with Gasteiger partial charge >= 0.3 is 0 Å². The van der Waals surface area contributed by atoms with Crippen molar-refractivity contribution in [1.29, 1.82) is 0 Å². The molecule has 0 aliphatic heterocycles. The number of nitrogens with zero attached hydrogens (tertiary/aromatic N) is 1. The van der Waals surface area contributed by atoms with Crippen molar-refractivity contribution >= 4 is 17.7 Å². The fraction of sp³-hybridized carbons (Fsp3) is 0.400. The Labute approximate surface area is 88.3 Å². The van der Waals surface area contributed by atoms with Gasteiger partial charge in [0.25, 0.3) is 0 Å². The van der Waals surface area contributed by atoms with Gasteiger partial charge in [-0.2, -0.15) is 11.8 Å². The average molecular weight is 210 g/mol. The molecule has 1 atom stereocenters. The molecule has 1 aromatic heterocycles. The molecular formula is C10H14N2OS. The second-order valence-corrected chi connectivity index (χ2v) is 4.14. The fourth-order valence-corrected chi connectivity index (χ4v) is 1.24. The van der Waals surface area contributed by atoms with Crippen LogP contribution in [0.4, 0.5) is 0 Å². The highest BCUT2D eigenvalue weighted by molar-refractivity contribution is 7.99. The fourth-order valence-electron chi connectivity index (χ4n) is 0.943. The van der Waals surface area contributed by atoms with E-state index in [1.54, 1.807) is 24.2 Å². The molecule has 1 rings (SSSR count). The number of nitrogens with one attached hydrogen (secondary N) is 1. The summed E-state index contributed by atoms with van der Waals surface area (Å²) in [4.78, 5) is 15.4. The van der Waals surface area contributed by atoms with Crippen LogP contribution in [0.3, 0.4) is 0 Å². The standard InChI is InChI=1S/C10H14N2OS/c1-8(14-2)10(13)12-7-9-4-3-5-11-6-9/h3-6,8H,7H2,1-2H3,(H,12,13)/t8-/m0/s1. The Hall–Kier alpha value is -1.03. The normalized spacial score (nSPS) is 12.1. The summed E-state index contributed by atoms with van der Waals surface area (Å²) in [5, 5.41) is 2.86. The van der Waals surface area contributed by atoms with Gasteiger partial charge in [0.2, 0.25) is 5.91 Å². The van der Waals surface area contributed by atoms with Crippen LogP contribution < -0.4 is 5.32 Å². The third-order valence-corrected chi connectivity index (χ3v) is 2.83. The topological polar surface area (TPSA) is 42.0 Å². The Morgan fingerprint density at radius 2 is 2.50 bits per heavy atom. The van der Waals surface area contributed by atoms with Crippen LogP contribution in [0.25, 0.3) is 0 Å². The van der Waals surface area contributed by atoms with Crippen LogP contribution >= 0.6 is 11.8 Å². The van der Waals surface area contributed by atoms with Crippen molar-refractivity contribution in [3.05, 3.63) is 30.1 Å². The predicted octanol–water partition coefficient (Wildman–Crippen LogP) is 1.45. The highest BCUT2D eigenvalue weighted by Gasteiger charge is 2.09. The molecule has 1 amide bonds. The molecule has 1 aromatic rings. The van der Waals surface area contributed by atoms with Crippen molar-refractivity contribution in [2.24, 2.45) is 0 Å². The van der Waals surface area contributed by atoms with Crippen molar-refractivity contribution in [2.45, 2.75) is 18.7 Å². The van der Waals surface area contributed by atoms with E-state index in [9.17, 15) is 4.79 Å². The molecule has 0 unspecified atom stereocenters. The Kier molecular flexibility index (Phi) is 4.46. The maximum Gasteiger partial charge on any atom is 0.233 e. The summed E-state index contributed by atoms with van der Waals surface area (Å²) in [5.41, 5.74) is 1.02. The number of hydrogen-bond donors (Lipinski definition) is 1. The molecule has 0 fully saturated rings. The smallest absolute Gasteiger partial charge is 0.233 e. The van der Waals surface area contributed by atoms with Gasteiger partial charge in [-0.1, -0.05) is 6.07 Å². The van der Waals surface area contributed by atoms with Crippen molar-refractivity contribution in [1.82, 2.24) is 10.3 Å². The van der Waals surface area contributed by atoms with E-state index in [1.807, 2.05) is 25.3 Å². The molecule has 0 aliphatic rings. The van der Waals surface area contributed by atoms with Crippen LogP contribution in [0.15, 0.2) is 24.5 Å². The van der Waals surface area contributed by atoms with Crippen molar-refractivity contribution in [3.8, 4) is 0 Å². The van der Waals surface area contributed by atoms with Crippen LogP contribution in [0, 0.1) is 0 Å². The van der Waals surface area contributed by atoms with Gasteiger partial charge < -0.3 is 5.32 Å². The first-order chi connectivity index (χ1) is 6.74. The Morgan fingerprint density at radius 1 is 1.71 bits per heavy atom. The lowest BCUT2D eigenvalue weighted by Gasteiger charge is -2.08. The molecular weight excluding hydrogens is 196 g/mol. The third kappa shape index (κ3) is 3.38. The zero-order valence-corrected chi connectivity index (χ0v) is 9.17. The molecule has 76 valence electrons. The minimum absolute atomic E-state index is 0.00618. The van der Waals surface area contributed by atoms with Crippen LogP contribution in [-0.4, -0.2) is 22.4 Å². The lowest BCUT2D eigenvalue weighted by Crippen LogP contribution is -2.30. The maximum absolute atomic E-state index is 11.4. The minimum Gasteiger partial charge on any atom is -0.351 e. The van der Waals surface area contributed by atoms with Crippen LogP contribution in [0.2, 0.25) is 0 Å². The van der Waals surface area contributed by atoms with Crippen molar-refractivity contribution in [3.63, 3.8) is 0 Å². The van der Waals surface area contributed by atoms with E-state index in [-0.39, 0.29) is 11.2 Å². The van der Waals surface area contributed by atoms with Crippen LogP contribution in [0.5, 0.6) is 0 Å². The van der Waals surface area contributed by atoms with Gasteiger partial charge in [0.1, 0.15) is 0 Å². The highest BCUT2D eigenvalue weighted by atomic mass is 32.2. The zero-order chi connectivity index (χ0) is 10.4. The van der Waals surface area contributed by atoms with Gasteiger partial charge in [-0.25, -0.2) is 0 Å². The highest BCUT2D eigenvalue weighted by Crippen LogP contribution is 2.04. The second-order valence-electron chi connectivity index (χ2n) is 2.96. The third-order valence-electron chi connectivity index (χ3n) is 1.91. The summed E-state index contributed by atoms with van der Waals surface area (Å²) in [5.74, 6) is 0.0707. The summed E-state index contributed by atoms with van der Waals surface area (Å²) in [6, 6.07) is 3.80. The Balaban J connectivity index is 2.38. The number of aromatic nitrogens is 1. The van der Waals surface area contributed by atoms with Gasteiger partial charge in [-0.15, -0.1) is 0 Å². The van der Waals surface area contributed by atoms with Gasteiger partial charge in [0, 0.05) is 18.9 Å². The average Bonchev–Trinajstić information content (AvgIpc) is 2.26. The predicted molar refractivity (Wildman–Crippen MR) is 59.1 cm³/mol. The molecule has 4 heteroatoms. The van der Waals surface area contributed by atoms with Gasteiger partial charge in [-0.3, -0.25) is 9.78 Å². The molecule has 0 saturated heterocycles. The number of thioether (sulfide) groups is 1. The molecule has 3 nitrogen and oxygen atoms in total. The summed E-state index contributed by atoms with van der Waals surface area (Å²) in [6.07, 6.45) is 5.40. The van der Waals surface area contributed by atoms with Gasteiger partial charge in [0.15, 0.2) is 0 Å². The molecule has 0 spiro atoms. The summed E-state index contributed by atoms with van der Waals surface area (Å²) >= 11 is 1.54. The van der Waals surface area contributed by atoms with E-state index in [4.69, 9.17) is 0 Å². The van der Waals surface area contributed by atoms with E-state index in [0.29, 0.717) is 6.54 Å². The number of hydrogen-bond acceptors (Lipinski definition) is 3.